The standard InChI is InChI=1S/C27H24N6O5/c1-31(17-24-27(36)38-30-33(24)21-12-14-22(37-2)15-13-21)23-16-25(34)32(26(23)35)20-10-8-19(9-11-20)29-28-18-6-4-3-5-7-18/h3-15,23H,16-17H2,1-2H3/p+1. The monoisotopic (exact) mass is 513 g/mol. The predicted octanol–water partition coefficient (Wildman–Crippen LogP) is 3.43. The lowest BCUT2D eigenvalue weighted by Gasteiger charge is -2.20. The van der Waals surface area contributed by atoms with E-state index in [4.69, 9.17) is 9.26 Å². The number of aromatic amines is 1. The van der Waals surface area contributed by atoms with Gasteiger partial charge in [-0.25, -0.2) is 9.69 Å². The third-order valence-electron chi connectivity index (χ3n) is 6.26. The lowest BCUT2D eigenvalue weighted by molar-refractivity contribution is -0.678. The average Bonchev–Trinajstić information content (AvgIpc) is 3.46. The number of hydrogen-bond acceptors (Lipinski definition) is 8. The lowest BCUT2D eigenvalue weighted by Crippen LogP contribution is -2.45. The van der Waals surface area contributed by atoms with Gasteiger partial charge in [0, 0.05) is 12.1 Å². The number of aromatic nitrogens is 2. The maximum atomic E-state index is 13.3. The highest BCUT2D eigenvalue weighted by atomic mass is 16.5. The van der Waals surface area contributed by atoms with E-state index in [2.05, 4.69) is 15.5 Å². The van der Waals surface area contributed by atoms with Crippen molar-refractivity contribution in [3.8, 4) is 11.4 Å². The highest BCUT2D eigenvalue weighted by Gasteiger charge is 2.43. The number of hydrogen-bond donors (Lipinski definition) is 1. The van der Waals surface area contributed by atoms with Gasteiger partial charge in [-0.15, -0.1) is 0 Å². The number of anilines is 1. The van der Waals surface area contributed by atoms with Crippen LogP contribution in [0.15, 0.2) is 98.4 Å². The summed E-state index contributed by atoms with van der Waals surface area (Å²) in [4.78, 5) is 41.4. The summed E-state index contributed by atoms with van der Waals surface area (Å²) in [6, 6.07) is 22.3. The van der Waals surface area contributed by atoms with Crippen molar-refractivity contribution < 1.29 is 23.5 Å². The molecule has 38 heavy (non-hydrogen) atoms. The Hall–Kier alpha value is -4.90. The predicted molar refractivity (Wildman–Crippen MR) is 137 cm³/mol. The van der Waals surface area contributed by atoms with E-state index in [-0.39, 0.29) is 30.5 Å². The Labute approximate surface area is 217 Å². The molecule has 0 bridgehead atoms. The Balaban J connectivity index is 1.30. The van der Waals surface area contributed by atoms with Gasteiger partial charge in [0.25, 0.3) is 5.91 Å². The molecule has 4 aromatic rings. The number of azo groups is 1. The number of carbonyl (C=O) groups excluding carboxylic acids is 2. The summed E-state index contributed by atoms with van der Waals surface area (Å²) < 4.78 is 11.7. The van der Waals surface area contributed by atoms with Crippen LogP contribution in [0.3, 0.4) is 0 Å². The fourth-order valence-electron chi connectivity index (χ4n) is 4.22. The van der Waals surface area contributed by atoms with E-state index in [9.17, 15) is 14.4 Å². The van der Waals surface area contributed by atoms with Crippen molar-refractivity contribution >= 4 is 28.9 Å². The number of imide groups is 1. The summed E-state index contributed by atoms with van der Waals surface area (Å²) in [7, 11) is 3.26. The number of methoxy groups -OCH3 is 1. The molecule has 2 heterocycles. The average molecular weight is 514 g/mol. The van der Waals surface area contributed by atoms with Crippen molar-refractivity contribution in [2.24, 2.45) is 10.2 Å². The normalized spacial score (nSPS) is 15.7. The van der Waals surface area contributed by atoms with Gasteiger partial charge in [0.1, 0.15) is 5.75 Å². The molecule has 1 N–H and O–H groups in total. The Morgan fingerprint density at radius 1 is 0.974 bits per heavy atom. The molecule has 0 aliphatic carbocycles. The molecule has 11 heteroatoms. The van der Waals surface area contributed by atoms with Gasteiger partial charge in [-0.1, -0.05) is 18.2 Å². The second-order valence-corrected chi connectivity index (χ2v) is 8.72. The first-order valence-corrected chi connectivity index (χ1v) is 11.9. The van der Waals surface area contributed by atoms with Crippen LogP contribution in [0.5, 0.6) is 5.75 Å². The minimum absolute atomic E-state index is 0.0108. The van der Waals surface area contributed by atoms with Crippen molar-refractivity contribution in [2.75, 3.05) is 19.1 Å². The molecule has 1 unspecified atom stereocenters. The van der Waals surface area contributed by atoms with Crippen LogP contribution in [0.2, 0.25) is 0 Å². The first-order chi connectivity index (χ1) is 18.4. The van der Waals surface area contributed by atoms with E-state index in [1.165, 1.54) is 4.68 Å². The summed E-state index contributed by atoms with van der Waals surface area (Å²) in [6.07, 6.45) is -0.0108. The van der Waals surface area contributed by atoms with Crippen LogP contribution >= 0.6 is 0 Å². The smallest absolute Gasteiger partial charge is 0.431 e. The third kappa shape index (κ3) is 5.00. The Kier molecular flexibility index (Phi) is 6.92. The lowest BCUT2D eigenvalue weighted by atomic mass is 10.2. The molecule has 3 aromatic carbocycles. The second kappa shape index (κ2) is 10.6. The minimum atomic E-state index is -0.737. The zero-order valence-electron chi connectivity index (χ0n) is 20.8. The maximum Gasteiger partial charge on any atom is 0.431 e. The Morgan fingerprint density at radius 2 is 1.63 bits per heavy atom. The van der Waals surface area contributed by atoms with Crippen molar-refractivity contribution in [1.29, 1.82) is 0 Å². The summed E-state index contributed by atoms with van der Waals surface area (Å²) in [5, 5.41) is 11.0. The van der Waals surface area contributed by atoms with Crippen LogP contribution in [-0.2, 0) is 16.1 Å². The SMILES string of the molecule is COc1ccc(-[n+]2[nH]oc(=O)c2CN(C)C2CC(=O)N(c3ccc(N=Nc4ccccc4)cc3)C2=O)cc1. The molecule has 0 spiro atoms. The van der Waals surface area contributed by atoms with Gasteiger partial charge in [0.15, 0.2) is 0 Å². The van der Waals surface area contributed by atoms with Crippen LogP contribution in [0.4, 0.5) is 17.1 Å². The molecular formula is C27H25N6O5+. The molecule has 2 amide bonds. The molecule has 5 rings (SSSR count). The van der Waals surface area contributed by atoms with Crippen LogP contribution in [-0.4, -0.2) is 42.2 Å². The van der Waals surface area contributed by atoms with Crippen molar-refractivity contribution in [1.82, 2.24) is 10.2 Å². The van der Waals surface area contributed by atoms with Gasteiger partial charge < -0.3 is 4.74 Å². The second-order valence-electron chi connectivity index (χ2n) is 8.72. The van der Waals surface area contributed by atoms with Crippen molar-refractivity contribution in [3.05, 3.63) is 95.0 Å². The fraction of sp³-hybridized carbons (Fsp3) is 0.185. The first kappa shape index (κ1) is 24.8. The molecule has 1 aliphatic rings. The summed E-state index contributed by atoms with van der Waals surface area (Å²) in [6.45, 7) is 0.0776. The highest BCUT2D eigenvalue weighted by molar-refractivity contribution is 6.22. The number of benzene rings is 3. The number of likely N-dealkylation sites (N-methyl/N-ethyl adjacent to an activating group) is 1. The topological polar surface area (TPSA) is 124 Å². The van der Waals surface area contributed by atoms with Gasteiger partial charge in [-0.3, -0.25) is 19.0 Å². The molecule has 1 fully saturated rings. The Morgan fingerprint density at radius 3 is 2.29 bits per heavy atom. The number of nitrogens with one attached hydrogen (secondary N) is 1. The molecule has 0 saturated carbocycles. The molecule has 1 aliphatic heterocycles. The van der Waals surface area contributed by atoms with E-state index < -0.39 is 11.7 Å². The zero-order valence-corrected chi connectivity index (χ0v) is 20.8. The maximum absolute atomic E-state index is 13.3. The number of ether oxygens (including phenoxy) is 1. The molecule has 0 radical (unpaired) electrons. The van der Waals surface area contributed by atoms with Gasteiger partial charge in [-0.05, 0) is 65.5 Å². The van der Waals surface area contributed by atoms with Crippen LogP contribution in [0.25, 0.3) is 5.69 Å². The third-order valence-corrected chi connectivity index (χ3v) is 6.26. The number of amides is 2. The largest absolute Gasteiger partial charge is 0.497 e. The molecule has 11 nitrogen and oxygen atoms in total. The fourth-order valence-corrected chi connectivity index (χ4v) is 4.22. The summed E-state index contributed by atoms with van der Waals surface area (Å²) >= 11 is 0. The van der Waals surface area contributed by atoms with Crippen LogP contribution < -0.4 is 19.9 Å². The molecule has 1 saturated heterocycles. The summed E-state index contributed by atoms with van der Waals surface area (Å²) in [5.41, 5.74) is 2.12. The van der Waals surface area contributed by atoms with E-state index in [1.54, 1.807) is 67.6 Å². The quantitative estimate of drug-likeness (QED) is 0.219. The van der Waals surface area contributed by atoms with Gasteiger partial charge >= 0.3 is 11.3 Å². The Bertz CT molecular complexity index is 1530. The van der Waals surface area contributed by atoms with Crippen molar-refractivity contribution in [2.45, 2.75) is 19.0 Å². The van der Waals surface area contributed by atoms with Gasteiger partial charge in [0.2, 0.25) is 11.6 Å². The first-order valence-electron chi connectivity index (χ1n) is 11.9. The molecular weight excluding hydrogens is 488 g/mol. The number of carbonyl (C=O) groups is 2. The van der Waals surface area contributed by atoms with E-state index in [0.717, 1.165) is 10.6 Å². The van der Waals surface area contributed by atoms with Crippen LogP contribution in [0, 0.1) is 0 Å². The van der Waals surface area contributed by atoms with Gasteiger partial charge in [0.05, 0.1) is 43.2 Å². The van der Waals surface area contributed by atoms with E-state index in [0.29, 0.717) is 22.8 Å². The number of nitrogens with zero attached hydrogens (tertiary/aromatic N) is 5. The molecule has 1 atom stereocenters. The summed E-state index contributed by atoms with van der Waals surface area (Å²) in [5.74, 6) is -0.0250. The molecule has 192 valence electrons. The number of rotatable bonds is 8. The highest BCUT2D eigenvalue weighted by Crippen LogP contribution is 2.28. The van der Waals surface area contributed by atoms with E-state index in [1.807, 2.05) is 30.3 Å². The van der Waals surface area contributed by atoms with Crippen LogP contribution in [0.1, 0.15) is 12.1 Å². The van der Waals surface area contributed by atoms with E-state index >= 15 is 0 Å². The minimum Gasteiger partial charge on any atom is -0.497 e. The zero-order chi connectivity index (χ0) is 26.6. The molecule has 1 aromatic heterocycles. The number of H-pyrrole nitrogens is 1. The van der Waals surface area contributed by atoms with Crippen molar-refractivity contribution in [3.63, 3.8) is 0 Å². The van der Waals surface area contributed by atoms with Gasteiger partial charge in [-0.2, -0.15) is 10.2 Å².